The number of carbonyl (C=O) groups is 2. The van der Waals surface area contributed by atoms with Crippen molar-refractivity contribution < 1.29 is 23.5 Å². The van der Waals surface area contributed by atoms with Gasteiger partial charge in [-0.1, -0.05) is 0 Å². The predicted molar refractivity (Wildman–Crippen MR) is 89.4 cm³/mol. The fourth-order valence-corrected chi connectivity index (χ4v) is 3.26. The molecule has 0 spiro atoms. The van der Waals surface area contributed by atoms with Crippen molar-refractivity contribution in [2.75, 3.05) is 5.32 Å². The topological polar surface area (TPSA) is 101 Å². The van der Waals surface area contributed by atoms with Crippen molar-refractivity contribution in [1.82, 2.24) is 14.7 Å². The van der Waals surface area contributed by atoms with Gasteiger partial charge in [0.15, 0.2) is 11.4 Å². The van der Waals surface area contributed by atoms with E-state index in [4.69, 9.17) is 9.52 Å². The van der Waals surface area contributed by atoms with E-state index in [1.54, 1.807) is 26.0 Å². The first-order chi connectivity index (χ1) is 12.3. The number of nitrogens with zero attached hydrogens (tertiary/aromatic N) is 3. The van der Waals surface area contributed by atoms with Gasteiger partial charge in [0.1, 0.15) is 5.69 Å². The highest BCUT2D eigenvalue weighted by molar-refractivity contribution is 5.99. The second-order valence-electron chi connectivity index (χ2n) is 6.57. The maximum Gasteiger partial charge on any atom is 0.432 e. The van der Waals surface area contributed by atoms with Gasteiger partial charge in [-0.05, 0) is 32.0 Å². The van der Waals surface area contributed by atoms with Gasteiger partial charge in [-0.2, -0.15) is 9.78 Å². The van der Waals surface area contributed by atoms with E-state index in [0.29, 0.717) is 16.6 Å². The Labute approximate surface area is 146 Å². The number of hydrogen-bond acceptors (Lipinski definition) is 4. The Kier molecular flexibility index (Phi) is 3.30. The van der Waals surface area contributed by atoms with Gasteiger partial charge < -0.3 is 19.7 Å². The molecule has 3 heterocycles. The summed E-state index contributed by atoms with van der Waals surface area (Å²) in [5.74, 6) is -0.605. The number of aromatic nitrogens is 2. The van der Waals surface area contributed by atoms with Crippen LogP contribution < -0.4 is 5.32 Å². The number of benzene rings is 1. The number of hydrogen-bond donors (Lipinski definition) is 2. The summed E-state index contributed by atoms with van der Waals surface area (Å²) in [4.78, 5) is 25.3. The van der Waals surface area contributed by atoms with Crippen LogP contribution in [0.25, 0.3) is 11.0 Å². The molecule has 0 aliphatic carbocycles. The van der Waals surface area contributed by atoms with Crippen molar-refractivity contribution in [2.24, 2.45) is 0 Å². The monoisotopic (exact) mass is 358 g/mol. The van der Waals surface area contributed by atoms with Crippen LogP contribution in [0.4, 0.5) is 19.7 Å². The summed E-state index contributed by atoms with van der Waals surface area (Å²) in [6.07, 6.45) is 1.60. The van der Waals surface area contributed by atoms with Gasteiger partial charge in [0.05, 0.1) is 24.0 Å². The highest BCUT2D eigenvalue weighted by Gasteiger charge is 2.43. The number of urea groups is 1. The maximum atomic E-state index is 14.2. The quantitative estimate of drug-likeness (QED) is 0.692. The zero-order valence-electron chi connectivity index (χ0n) is 14.0. The molecular weight excluding hydrogens is 343 g/mol. The van der Waals surface area contributed by atoms with Gasteiger partial charge >= 0.3 is 12.1 Å². The number of rotatable bonds is 1. The number of amides is 2. The molecule has 134 valence electrons. The fourth-order valence-electron chi connectivity index (χ4n) is 3.26. The van der Waals surface area contributed by atoms with Crippen molar-refractivity contribution in [2.45, 2.75) is 25.9 Å². The van der Waals surface area contributed by atoms with Crippen LogP contribution in [0.3, 0.4) is 0 Å². The van der Waals surface area contributed by atoms with Crippen LogP contribution in [-0.2, 0) is 12.1 Å². The molecule has 0 saturated heterocycles. The summed E-state index contributed by atoms with van der Waals surface area (Å²) in [6.45, 7) is 3.67. The first-order valence-corrected chi connectivity index (χ1v) is 7.85. The number of furan rings is 1. The molecule has 1 aromatic carbocycles. The van der Waals surface area contributed by atoms with Crippen molar-refractivity contribution >= 4 is 28.8 Å². The molecule has 0 radical (unpaired) electrons. The summed E-state index contributed by atoms with van der Waals surface area (Å²) in [6, 6.07) is 3.97. The van der Waals surface area contributed by atoms with Crippen molar-refractivity contribution in [3.8, 4) is 0 Å². The summed E-state index contributed by atoms with van der Waals surface area (Å²) in [5.41, 5.74) is 0.488. The first-order valence-electron chi connectivity index (χ1n) is 7.85. The van der Waals surface area contributed by atoms with E-state index in [1.165, 1.54) is 23.4 Å². The maximum absolute atomic E-state index is 14.2. The highest BCUT2D eigenvalue weighted by atomic mass is 19.1. The average Bonchev–Trinajstić information content (AvgIpc) is 3.25. The average molecular weight is 358 g/mol. The summed E-state index contributed by atoms with van der Waals surface area (Å²) in [7, 11) is 0. The van der Waals surface area contributed by atoms with Crippen molar-refractivity contribution in [3.05, 3.63) is 47.7 Å². The Hall–Kier alpha value is -3.36. The van der Waals surface area contributed by atoms with Crippen LogP contribution in [0.1, 0.15) is 25.1 Å². The SMILES string of the molecule is CC1(C)c2nn(C(=O)O)cc2CN1C(=O)Nc1c(F)ccc2ccoc12. The molecule has 0 saturated carbocycles. The lowest BCUT2D eigenvalue weighted by atomic mass is 10.0. The molecule has 0 fully saturated rings. The molecular formula is C17H15FN4O4. The third-order valence-electron chi connectivity index (χ3n) is 4.62. The van der Waals surface area contributed by atoms with E-state index in [1.807, 2.05) is 0 Å². The first kappa shape index (κ1) is 16.1. The van der Waals surface area contributed by atoms with Crippen molar-refractivity contribution in [3.63, 3.8) is 0 Å². The van der Waals surface area contributed by atoms with Crippen LogP contribution in [0.5, 0.6) is 0 Å². The third-order valence-corrected chi connectivity index (χ3v) is 4.62. The normalized spacial score (nSPS) is 15.3. The van der Waals surface area contributed by atoms with E-state index < -0.39 is 23.5 Å². The predicted octanol–water partition coefficient (Wildman–Crippen LogP) is 3.58. The summed E-state index contributed by atoms with van der Waals surface area (Å²) < 4.78 is 20.3. The summed E-state index contributed by atoms with van der Waals surface area (Å²) in [5, 5.41) is 16.3. The molecule has 2 aromatic heterocycles. The molecule has 0 unspecified atom stereocenters. The Bertz CT molecular complexity index is 1050. The number of carboxylic acid groups (broad SMARTS) is 1. The molecule has 1 aliphatic rings. The van der Waals surface area contributed by atoms with Crippen LogP contribution >= 0.6 is 0 Å². The van der Waals surface area contributed by atoms with E-state index in [9.17, 15) is 14.0 Å². The lowest BCUT2D eigenvalue weighted by Gasteiger charge is -2.31. The van der Waals surface area contributed by atoms with Crippen LogP contribution in [-0.4, -0.2) is 31.9 Å². The van der Waals surface area contributed by atoms with Gasteiger partial charge in [0.25, 0.3) is 0 Å². The lowest BCUT2D eigenvalue weighted by molar-refractivity contribution is 0.153. The Morgan fingerprint density at radius 2 is 2.12 bits per heavy atom. The molecule has 8 nitrogen and oxygen atoms in total. The highest BCUT2D eigenvalue weighted by Crippen LogP contribution is 2.38. The van der Waals surface area contributed by atoms with Crippen LogP contribution in [0, 0.1) is 5.82 Å². The van der Waals surface area contributed by atoms with Gasteiger partial charge in [-0.25, -0.2) is 14.0 Å². The van der Waals surface area contributed by atoms with Crippen LogP contribution in [0.2, 0.25) is 0 Å². The molecule has 0 bridgehead atoms. The zero-order chi connectivity index (χ0) is 18.6. The van der Waals surface area contributed by atoms with E-state index >= 15 is 0 Å². The molecule has 9 heteroatoms. The molecule has 3 aromatic rings. The van der Waals surface area contributed by atoms with E-state index in [2.05, 4.69) is 10.4 Å². The van der Waals surface area contributed by atoms with E-state index in [0.717, 1.165) is 4.68 Å². The second-order valence-corrected chi connectivity index (χ2v) is 6.57. The van der Waals surface area contributed by atoms with Gasteiger partial charge in [-0.15, -0.1) is 0 Å². The minimum atomic E-state index is -1.20. The molecule has 2 amide bonds. The number of nitrogens with one attached hydrogen (secondary N) is 1. The number of fused-ring (bicyclic) bond motifs is 2. The molecule has 26 heavy (non-hydrogen) atoms. The number of anilines is 1. The lowest BCUT2D eigenvalue weighted by Crippen LogP contribution is -2.43. The third kappa shape index (κ3) is 2.24. The standard InChI is InChI=1S/C17H15FN4O4/c1-17(2)14-10(8-22(20-14)16(24)25)7-21(17)15(23)19-12-11(18)4-3-9-5-6-26-13(9)12/h3-6,8H,7H2,1-2H3,(H,19,23)(H,24,25). The Balaban J connectivity index is 1.65. The van der Waals surface area contributed by atoms with Crippen molar-refractivity contribution in [1.29, 1.82) is 0 Å². The number of carbonyl (C=O) groups excluding carboxylic acids is 1. The fraction of sp³-hybridized carbons (Fsp3) is 0.235. The van der Waals surface area contributed by atoms with Gasteiger partial charge in [-0.3, -0.25) is 0 Å². The van der Waals surface area contributed by atoms with Crippen LogP contribution in [0.15, 0.2) is 35.1 Å². The largest absolute Gasteiger partial charge is 0.463 e. The van der Waals surface area contributed by atoms with E-state index in [-0.39, 0.29) is 17.8 Å². The Morgan fingerprint density at radius 3 is 2.81 bits per heavy atom. The molecule has 2 N–H and O–H groups in total. The Morgan fingerprint density at radius 1 is 1.35 bits per heavy atom. The summed E-state index contributed by atoms with van der Waals surface area (Å²) >= 11 is 0. The minimum absolute atomic E-state index is 0.0339. The molecule has 1 aliphatic heterocycles. The molecule has 0 atom stereocenters. The second kappa shape index (κ2) is 5.32. The minimum Gasteiger partial charge on any atom is -0.463 e. The number of halogens is 1. The molecule has 4 rings (SSSR count). The van der Waals surface area contributed by atoms with Gasteiger partial charge in [0.2, 0.25) is 0 Å². The smallest absolute Gasteiger partial charge is 0.432 e. The van der Waals surface area contributed by atoms with Gasteiger partial charge in [0, 0.05) is 17.1 Å². The zero-order valence-corrected chi connectivity index (χ0v) is 14.0.